The minimum atomic E-state index is -0.371. The lowest BCUT2D eigenvalue weighted by Crippen LogP contribution is -2.10. The zero-order chi connectivity index (χ0) is 12.4. The number of nitro groups is 1. The molecule has 1 unspecified atom stereocenters. The van der Waals surface area contributed by atoms with Crippen molar-refractivity contribution in [3.05, 3.63) is 38.3 Å². The molecule has 1 aliphatic carbocycles. The van der Waals surface area contributed by atoms with E-state index in [1.165, 1.54) is 6.07 Å². The Hall–Kier alpha value is -0.940. The lowest BCUT2D eigenvalue weighted by Gasteiger charge is -2.09. The summed E-state index contributed by atoms with van der Waals surface area (Å²) in [6, 6.07) is 5.06. The Bertz CT molecular complexity index is 432. The van der Waals surface area contributed by atoms with Gasteiger partial charge in [0.15, 0.2) is 0 Å². The van der Waals surface area contributed by atoms with E-state index < -0.39 is 0 Å². The number of hydrogen-bond acceptors (Lipinski definition) is 3. The molecule has 0 radical (unpaired) electrons. The summed E-state index contributed by atoms with van der Waals surface area (Å²) in [5.74, 6) is 0.421. The predicted molar refractivity (Wildman–Crippen MR) is 67.8 cm³/mol. The van der Waals surface area contributed by atoms with Crippen molar-refractivity contribution in [2.24, 2.45) is 5.92 Å². The second-order valence-electron chi connectivity index (χ2n) is 4.47. The summed E-state index contributed by atoms with van der Waals surface area (Å²) in [6.07, 6.45) is 3.03. The van der Waals surface area contributed by atoms with Gasteiger partial charge in [-0.2, -0.15) is 0 Å². The van der Waals surface area contributed by atoms with Crippen molar-refractivity contribution >= 4 is 21.6 Å². The van der Waals surface area contributed by atoms with E-state index in [2.05, 4.69) is 15.9 Å². The highest BCUT2D eigenvalue weighted by Crippen LogP contribution is 2.35. The van der Waals surface area contributed by atoms with Gasteiger partial charge in [0.05, 0.1) is 11.0 Å². The van der Waals surface area contributed by atoms with Gasteiger partial charge in [0.25, 0.3) is 5.69 Å². The van der Waals surface area contributed by atoms with Crippen LogP contribution in [0.2, 0.25) is 0 Å². The molecule has 1 aromatic rings. The van der Waals surface area contributed by atoms with Crippen LogP contribution in [0, 0.1) is 16.0 Å². The Morgan fingerprint density at radius 2 is 2.24 bits per heavy atom. The molecule has 1 fully saturated rings. The second kappa shape index (κ2) is 5.14. The predicted octanol–water partition coefficient (Wildman–Crippen LogP) is 3.06. The smallest absolute Gasteiger partial charge is 0.273 e. The normalized spacial score (nSPS) is 16.8. The Morgan fingerprint density at radius 3 is 2.82 bits per heavy atom. The first-order valence-electron chi connectivity index (χ1n) is 5.69. The molecule has 0 aliphatic heterocycles. The van der Waals surface area contributed by atoms with Crippen molar-refractivity contribution in [3.63, 3.8) is 0 Å². The summed E-state index contributed by atoms with van der Waals surface area (Å²) < 4.78 is 0.704. The summed E-state index contributed by atoms with van der Waals surface area (Å²) in [7, 11) is 0. The number of benzene rings is 1. The maximum atomic E-state index is 10.9. The molecule has 1 aromatic carbocycles. The van der Waals surface area contributed by atoms with E-state index in [4.69, 9.17) is 0 Å². The third-order valence-corrected chi connectivity index (χ3v) is 3.61. The number of halogens is 1. The molecule has 1 aliphatic rings. The molecule has 17 heavy (non-hydrogen) atoms. The largest absolute Gasteiger partial charge is 0.393 e. The van der Waals surface area contributed by atoms with Crippen molar-refractivity contribution in [2.75, 3.05) is 0 Å². The molecule has 0 saturated heterocycles. The zero-order valence-corrected chi connectivity index (χ0v) is 10.9. The van der Waals surface area contributed by atoms with Gasteiger partial charge in [-0.25, -0.2) is 0 Å². The number of nitrogens with zero attached hydrogens (tertiary/aromatic N) is 1. The van der Waals surface area contributed by atoms with Gasteiger partial charge in [-0.05, 0) is 37.7 Å². The Balaban J connectivity index is 2.06. The fourth-order valence-electron chi connectivity index (χ4n) is 1.94. The van der Waals surface area contributed by atoms with E-state index in [1.807, 2.05) is 0 Å². The molecule has 0 spiro atoms. The molecular weight excluding hydrogens is 286 g/mol. The summed E-state index contributed by atoms with van der Waals surface area (Å²) in [5.41, 5.74) is 0.820. The topological polar surface area (TPSA) is 63.4 Å². The van der Waals surface area contributed by atoms with Crippen LogP contribution in [0.5, 0.6) is 0 Å². The minimum Gasteiger partial charge on any atom is -0.393 e. The van der Waals surface area contributed by atoms with Crippen molar-refractivity contribution in [1.29, 1.82) is 0 Å². The van der Waals surface area contributed by atoms with Crippen molar-refractivity contribution in [1.82, 2.24) is 0 Å². The highest BCUT2D eigenvalue weighted by molar-refractivity contribution is 9.10. The van der Waals surface area contributed by atoms with E-state index in [0.717, 1.165) is 12.8 Å². The average molecular weight is 300 g/mol. The Labute approximate surface area is 108 Å². The van der Waals surface area contributed by atoms with Gasteiger partial charge < -0.3 is 5.11 Å². The van der Waals surface area contributed by atoms with E-state index >= 15 is 0 Å². The summed E-state index contributed by atoms with van der Waals surface area (Å²) in [5, 5.41) is 20.6. The van der Waals surface area contributed by atoms with Crippen LogP contribution in [-0.4, -0.2) is 16.1 Å². The van der Waals surface area contributed by atoms with E-state index in [1.54, 1.807) is 12.1 Å². The zero-order valence-electron chi connectivity index (χ0n) is 9.30. The van der Waals surface area contributed by atoms with Crippen LogP contribution in [0.4, 0.5) is 5.69 Å². The summed E-state index contributed by atoms with van der Waals surface area (Å²) in [4.78, 5) is 10.5. The molecule has 1 saturated carbocycles. The lowest BCUT2D eigenvalue weighted by molar-refractivity contribution is -0.385. The fourth-order valence-corrected chi connectivity index (χ4v) is 2.29. The number of aryl methyl sites for hydroxylation is 1. The van der Waals surface area contributed by atoms with Gasteiger partial charge in [0, 0.05) is 16.1 Å². The van der Waals surface area contributed by atoms with Crippen LogP contribution in [-0.2, 0) is 6.42 Å². The summed E-state index contributed by atoms with van der Waals surface area (Å²) in [6.45, 7) is 0. The summed E-state index contributed by atoms with van der Waals surface area (Å²) >= 11 is 3.22. The molecule has 0 aromatic heterocycles. The molecule has 0 amide bonds. The molecule has 1 atom stereocenters. The average Bonchev–Trinajstić information content (AvgIpc) is 3.10. The molecule has 1 N–H and O–H groups in total. The van der Waals surface area contributed by atoms with Crippen LogP contribution >= 0.6 is 15.9 Å². The van der Waals surface area contributed by atoms with E-state index in [0.29, 0.717) is 28.8 Å². The molecule has 0 heterocycles. The van der Waals surface area contributed by atoms with Crippen LogP contribution in [0.25, 0.3) is 0 Å². The highest BCUT2D eigenvalue weighted by atomic mass is 79.9. The second-order valence-corrected chi connectivity index (χ2v) is 5.39. The number of aliphatic hydroxyl groups excluding tert-OH is 1. The molecule has 5 heteroatoms. The van der Waals surface area contributed by atoms with Gasteiger partial charge in [-0.1, -0.05) is 22.0 Å². The maximum absolute atomic E-state index is 10.9. The van der Waals surface area contributed by atoms with Crippen LogP contribution in [0.1, 0.15) is 24.8 Å². The lowest BCUT2D eigenvalue weighted by atomic mass is 10.0. The molecule has 0 bridgehead atoms. The molecule has 92 valence electrons. The number of nitro benzene ring substituents is 1. The maximum Gasteiger partial charge on any atom is 0.273 e. The van der Waals surface area contributed by atoms with Crippen LogP contribution in [0.15, 0.2) is 22.7 Å². The number of hydrogen-bond donors (Lipinski definition) is 1. The Morgan fingerprint density at radius 1 is 1.53 bits per heavy atom. The van der Waals surface area contributed by atoms with Gasteiger partial charge in [-0.3, -0.25) is 10.1 Å². The van der Waals surface area contributed by atoms with Gasteiger partial charge in [0.2, 0.25) is 0 Å². The molecular formula is C12H14BrNO3. The first-order chi connectivity index (χ1) is 8.08. The number of aliphatic hydroxyl groups is 1. The van der Waals surface area contributed by atoms with Crippen molar-refractivity contribution in [3.8, 4) is 0 Å². The monoisotopic (exact) mass is 299 g/mol. The molecule has 4 nitrogen and oxygen atoms in total. The van der Waals surface area contributed by atoms with Crippen molar-refractivity contribution in [2.45, 2.75) is 31.8 Å². The molecule has 2 rings (SSSR count). The van der Waals surface area contributed by atoms with Crippen LogP contribution in [0.3, 0.4) is 0 Å². The third kappa shape index (κ3) is 3.26. The number of rotatable bonds is 5. The SMILES string of the molecule is O=[N+]([O-])c1cc(Br)ccc1CCC(O)C1CC1. The van der Waals surface area contributed by atoms with Crippen molar-refractivity contribution < 1.29 is 10.0 Å². The van der Waals surface area contributed by atoms with Crippen LogP contribution < -0.4 is 0 Å². The van der Waals surface area contributed by atoms with E-state index in [9.17, 15) is 15.2 Å². The van der Waals surface area contributed by atoms with Gasteiger partial charge in [-0.15, -0.1) is 0 Å². The third-order valence-electron chi connectivity index (χ3n) is 3.12. The first kappa shape index (κ1) is 12.5. The van der Waals surface area contributed by atoms with Gasteiger partial charge >= 0.3 is 0 Å². The highest BCUT2D eigenvalue weighted by Gasteiger charge is 2.29. The van der Waals surface area contributed by atoms with E-state index in [-0.39, 0.29) is 16.7 Å². The van der Waals surface area contributed by atoms with Gasteiger partial charge in [0.1, 0.15) is 0 Å². The fraction of sp³-hybridized carbons (Fsp3) is 0.500. The standard InChI is InChI=1S/C12H14BrNO3/c13-10-5-3-8(11(7-10)14(16)17)4-6-12(15)9-1-2-9/h3,5,7,9,12,15H,1-2,4,6H2. The Kier molecular flexibility index (Phi) is 3.79. The quantitative estimate of drug-likeness (QED) is 0.671. The minimum absolute atomic E-state index is 0.127. The first-order valence-corrected chi connectivity index (χ1v) is 6.48.